The monoisotopic (exact) mass is 269 g/mol. The molecule has 0 bridgehead atoms. The molecular formula is C14H20ClNO2. The van der Waals surface area contributed by atoms with Crippen molar-refractivity contribution in [2.24, 2.45) is 5.92 Å². The number of piperidine rings is 1. The van der Waals surface area contributed by atoms with Gasteiger partial charge in [0.1, 0.15) is 0 Å². The molecule has 100 valence electrons. The van der Waals surface area contributed by atoms with Crippen LogP contribution < -0.4 is 0 Å². The van der Waals surface area contributed by atoms with Gasteiger partial charge in [0.05, 0.1) is 5.92 Å². The molecule has 1 aliphatic heterocycles. The number of nitrogens with zero attached hydrogens (tertiary/aromatic N) is 1. The lowest BCUT2D eigenvalue weighted by molar-refractivity contribution is -0.143. The van der Waals surface area contributed by atoms with E-state index in [-0.39, 0.29) is 18.3 Å². The Labute approximate surface area is 114 Å². The van der Waals surface area contributed by atoms with Gasteiger partial charge in [-0.15, -0.1) is 12.4 Å². The fourth-order valence-electron chi connectivity index (χ4n) is 2.35. The normalized spacial score (nSPS) is 20.2. The zero-order chi connectivity index (χ0) is 12.3. The second-order valence-electron chi connectivity index (χ2n) is 4.90. The lowest BCUT2D eigenvalue weighted by atomic mass is 9.98. The van der Waals surface area contributed by atoms with E-state index in [1.54, 1.807) is 0 Å². The summed E-state index contributed by atoms with van der Waals surface area (Å²) in [6.45, 7) is 4.63. The summed E-state index contributed by atoms with van der Waals surface area (Å²) in [7, 11) is 0. The molecule has 1 N–H and O–H groups in total. The van der Waals surface area contributed by atoms with Crippen molar-refractivity contribution in [2.45, 2.75) is 26.3 Å². The van der Waals surface area contributed by atoms with Crippen LogP contribution in [-0.2, 0) is 11.3 Å². The second kappa shape index (κ2) is 6.76. The number of likely N-dealkylation sites (tertiary alicyclic amines) is 1. The lowest BCUT2D eigenvalue weighted by Gasteiger charge is -2.30. The van der Waals surface area contributed by atoms with E-state index < -0.39 is 5.97 Å². The van der Waals surface area contributed by atoms with Gasteiger partial charge in [0.15, 0.2) is 0 Å². The molecule has 1 aliphatic rings. The van der Waals surface area contributed by atoms with E-state index in [0.717, 1.165) is 25.9 Å². The van der Waals surface area contributed by atoms with Gasteiger partial charge < -0.3 is 5.11 Å². The smallest absolute Gasteiger partial charge is 0.307 e. The van der Waals surface area contributed by atoms with Crippen molar-refractivity contribution in [1.82, 2.24) is 4.90 Å². The van der Waals surface area contributed by atoms with Crippen LogP contribution in [-0.4, -0.2) is 29.1 Å². The molecule has 0 radical (unpaired) electrons. The molecule has 0 spiro atoms. The van der Waals surface area contributed by atoms with Gasteiger partial charge in [-0.1, -0.05) is 29.8 Å². The van der Waals surface area contributed by atoms with Gasteiger partial charge in [-0.2, -0.15) is 0 Å². The topological polar surface area (TPSA) is 40.5 Å². The van der Waals surface area contributed by atoms with Gasteiger partial charge in [-0.25, -0.2) is 0 Å². The first-order chi connectivity index (χ1) is 8.15. The summed E-state index contributed by atoms with van der Waals surface area (Å²) >= 11 is 0. The van der Waals surface area contributed by atoms with Crippen molar-refractivity contribution < 1.29 is 9.90 Å². The maximum absolute atomic E-state index is 11.0. The van der Waals surface area contributed by atoms with Crippen molar-refractivity contribution in [3.8, 4) is 0 Å². The van der Waals surface area contributed by atoms with Gasteiger partial charge in [0.2, 0.25) is 0 Å². The molecule has 18 heavy (non-hydrogen) atoms. The number of carboxylic acids is 1. The molecular weight excluding hydrogens is 250 g/mol. The van der Waals surface area contributed by atoms with Crippen LogP contribution in [0, 0.1) is 12.8 Å². The minimum Gasteiger partial charge on any atom is -0.481 e. The number of rotatable bonds is 3. The number of aryl methyl sites for hydroxylation is 1. The number of hydrogen-bond donors (Lipinski definition) is 1. The highest BCUT2D eigenvalue weighted by Crippen LogP contribution is 2.18. The molecule has 1 fully saturated rings. The maximum atomic E-state index is 11.0. The van der Waals surface area contributed by atoms with Gasteiger partial charge in [-0.3, -0.25) is 9.69 Å². The highest BCUT2D eigenvalue weighted by Gasteiger charge is 2.24. The van der Waals surface area contributed by atoms with Gasteiger partial charge in [0, 0.05) is 13.1 Å². The second-order valence-corrected chi connectivity index (χ2v) is 4.90. The van der Waals surface area contributed by atoms with E-state index >= 15 is 0 Å². The average molecular weight is 270 g/mol. The van der Waals surface area contributed by atoms with E-state index in [4.69, 9.17) is 5.11 Å². The zero-order valence-corrected chi connectivity index (χ0v) is 11.4. The Kier molecular flexibility index (Phi) is 5.63. The molecule has 2 rings (SSSR count). The molecule has 0 saturated carbocycles. The van der Waals surface area contributed by atoms with Crippen molar-refractivity contribution in [1.29, 1.82) is 0 Å². The summed E-state index contributed by atoms with van der Waals surface area (Å²) < 4.78 is 0. The summed E-state index contributed by atoms with van der Waals surface area (Å²) in [6, 6.07) is 8.46. The molecule has 1 heterocycles. The minimum atomic E-state index is -0.654. The first kappa shape index (κ1) is 15.0. The van der Waals surface area contributed by atoms with Crippen molar-refractivity contribution in [2.75, 3.05) is 13.1 Å². The Morgan fingerprint density at radius 1 is 1.39 bits per heavy atom. The van der Waals surface area contributed by atoms with Gasteiger partial charge in [-0.05, 0) is 31.9 Å². The van der Waals surface area contributed by atoms with Crippen LogP contribution in [0.15, 0.2) is 24.3 Å². The largest absolute Gasteiger partial charge is 0.481 e. The third-order valence-corrected chi connectivity index (χ3v) is 3.38. The Balaban J connectivity index is 0.00000162. The number of aliphatic carboxylic acids is 1. The van der Waals surface area contributed by atoms with Crippen molar-refractivity contribution in [3.63, 3.8) is 0 Å². The molecule has 0 amide bonds. The predicted octanol–water partition coefficient (Wildman–Crippen LogP) is 2.71. The molecule has 1 atom stereocenters. The highest BCUT2D eigenvalue weighted by atomic mass is 35.5. The van der Waals surface area contributed by atoms with Gasteiger partial charge >= 0.3 is 5.97 Å². The third kappa shape index (κ3) is 4.00. The molecule has 3 nitrogen and oxygen atoms in total. The summed E-state index contributed by atoms with van der Waals surface area (Å²) in [5, 5.41) is 9.03. The molecule has 0 aromatic heterocycles. The quantitative estimate of drug-likeness (QED) is 0.917. The number of benzene rings is 1. The fourth-order valence-corrected chi connectivity index (χ4v) is 2.35. The molecule has 0 aliphatic carbocycles. The van der Waals surface area contributed by atoms with E-state index in [0.29, 0.717) is 6.54 Å². The van der Waals surface area contributed by atoms with Crippen molar-refractivity contribution in [3.05, 3.63) is 35.4 Å². The van der Waals surface area contributed by atoms with E-state index in [9.17, 15) is 4.79 Å². The molecule has 1 unspecified atom stereocenters. The number of hydrogen-bond acceptors (Lipinski definition) is 2. The molecule has 1 aromatic rings. The first-order valence-electron chi connectivity index (χ1n) is 6.16. The Morgan fingerprint density at radius 3 is 2.67 bits per heavy atom. The van der Waals surface area contributed by atoms with Crippen molar-refractivity contribution >= 4 is 18.4 Å². The van der Waals surface area contributed by atoms with Crippen LogP contribution >= 0.6 is 12.4 Å². The highest BCUT2D eigenvalue weighted by molar-refractivity contribution is 5.85. The third-order valence-electron chi connectivity index (χ3n) is 3.38. The molecule has 1 aromatic carbocycles. The fraction of sp³-hybridized carbons (Fsp3) is 0.500. The number of carboxylic acid groups (broad SMARTS) is 1. The van der Waals surface area contributed by atoms with E-state index in [1.165, 1.54) is 11.1 Å². The van der Waals surface area contributed by atoms with Crippen LogP contribution in [0.2, 0.25) is 0 Å². The predicted molar refractivity (Wildman–Crippen MR) is 74.1 cm³/mol. The maximum Gasteiger partial charge on any atom is 0.307 e. The molecule has 1 saturated heterocycles. The summed E-state index contributed by atoms with van der Waals surface area (Å²) in [4.78, 5) is 13.2. The number of carbonyl (C=O) groups is 1. The van der Waals surface area contributed by atoms with Crippen LogP contribution in [0.4, 0.5) is 0 Å². The van der Waals surface area contributed by atoms with Crippen LogP contribution in [0.25, 0.3) is 0 Å². The first-order valence-corrected chi connectivity index (χ1v) is 6.16. The Hall–Kier alpha value is -1.06. The average Bonchev–Trinajstić information content (AvgIpc) is 2.32. The van der Waals surface area contributed by atoms with Gasteiger partial charge in [0.25, 0.3) is 0 Å². The van der Waals surface area contributed by atoms with Crippen LogP contribution in [0.5, 0.6) is 0 Å². The Bertz CT molecular complexity index is 391. The summed E-state index contributed by atoms with van der Waals surface area (Å²) in [5.41, 5.74) is 2.53. The minimum absolute atomic E-state index is 0. The standard InChI is InChI=1S/C14H19NO2.ClH/c1-11-4-6-12(7-5-11)9-15-8-2-3-13(10-15)14(16)17;/h4-7,13H,2-3,8-10H2,1H3,(H,16,17);1H. The van der Waals surface area contributed by atoms with Crippen LogP contribution in [0.1, 0.15) is 24.0 Å². The number of halogens is 1. The zero-order valence-electron chi connectivity index (χ0n) is 10.6. The lowest BCUT2D eigenvalue weighted by Crippen LogP contribution is -2.38. The summed E-state index contributed by atoms with van der Waals surface area (Å²) in [6.07, 6.45) is 1.81. The molecule has 4 heteroatoms. The van der Waals surface area contributed by atoms with E-state index in [2.05, 4.69) is 36.1 Å². The van der Waals surface area contributed by atoms with Crippen LogP contribution in [0.3, 0.4) is 0 Å². The summed E-state index contributed by atoms with van der Waals surface area (Å²) in [5.74, 6) is -0.840. The van der Waals surface area contributed by atoms with E-state index in [1.807, 2.05) is 0 Å². The Morgan fingerprint density at radius 2 is 2.06 bits per heavy atom. The SMILES string of the molecule is Cc1ccc(CN2CCCC(C(=O)O)C2)cc1.Cl.